The fourth-order valence-corrected chi connectivity index (χ4v) is 6.82. The average Bonchev–Trinajstić information content (AvgIpc) is 3.58. The van der Waals surface area contributed by atoms with E-state index in [0.29, 0.717) is 6.04 Å². The summed E-state index contributed by atoms with van der Waals surface area (Å²) in [4.78, 5) is 22.3. The van der Waals surface area contributed by atoms with Gasteiger partial charge in [0.2, 0.25) is 0 Å². The zero-order chi connectivity index (χ0) is 24.0. The summed E-state index contributed by atoms with van der Waals surface area (Å²) >= 11 is 1.57. The summed E-state index contributed by atoms with van der Waals surface area (Å²) < 4.78 is 2.12. The molecule has 0 unspecified atom stereocenters. The van der Waals surface area contributed by atoms with Crippen molar-refractivity contribution in [1.29, 1.82) is 0 Å². The van der Waals surface area contributed by atoms with E-state index in [-0.39, 0.29) is 5.91 Å². The van der Waals surface area contributed by atoms with Gasteiger partial charge >= 0.3 is 0 Å². The van der Waals surface area contributed by atoms with Crippen LogP contribution in [0.4, 0.5) is 0 Å². The van der Waals surface area contributed by atoms with Gasteiger partial charge in [0, 0.05) is 29.2 Å². The average molecular weight is 499 g/mol. The molecule has 0 spiro atoms. The van der Waals surface area contributed by atoms with E-state index in [2.05, 4.69) is 49.1 Å². The monoisotopic (exact) mass is 498 g/mol. The van der Waals surface area contributed by atoms with E-state index in [0.717, 1.165) is 66.8 Å². The molecule has 0 saturated carbocycles. The first kappa shape index (κ1) is 24.9. The molecule has 2 aromatic rings. The van der Waals surface area contributed by atoms with E-state index in [4.69, 9.17) is 0 Å². The minimum absolute atomic E-state index is 0.0489. The minimum atomic E-state index is 0.0489. The van der Waals surface area contributed by atoms with Crippen LogP contribution in [0.2, 0.25) is 0 Å². The number of nitrogens with zero attached hydrogens (tertiary/aromatic N) is 5. The fraction of sp³-hybridized carbons (Fsp3) is 0.704. The number of hydrogen-bond donors (Lipinski definition) is 1. The van der Waals surface area contributed by atoms with Gasteiger partial charge < -0.3 is 20.0 Å². The van der Waals surface area contributed by atoms with Crippen LogP contribution in [-0.2, 0) is 0 Å². The number of carbonyl (C=O) groups excluding carboxylic acids is 1. The Morgan fingerprint density at radius 3 is 2.51 bits per heavy atom. The van der Waals surface area contributed by atoms with Crippen LogP contribution in [0.3, 0.4) is 0 Å². The molecule has 3 fully saturated rings. The van der Waals surface area contributed by atoms with Gasteiger partial charge in [0.25, 0.3) is 5.91 Å². The Bertz CT molecular complexity index is 935. The largest absolute Gasteiger partial charge is 0.351 e. The lowest BCUT2D eigenvalue weighted by Crippen LogP contribution is -2.47. The SMILES string of the molecule is CN1CCC(n2cc(-c3ccc(C(=O)NCCCN4CCC(N5CCCCC5)CC4)s3)cn2)CC1. The number of hydrogen-bond acceptors (Lipinski definition) is 6. The first-order valence-corrected chi connectivity index (χ1v) is 14.5. The van der Waals surface area contributed by atoms with Crippen molar-refractivity contribution in [3.63, 3.8) is 0 Å². The van der Waals surface area contributed by atoms with Gasteiger partial charge in [-0.25, -0.2) is 0 Å². The fourth-order valence-electron chi connectivity index (χ4n) is 5.92. The molecule has 8 heteroatoms. The molecule has 192 valence electrons. The van der Waals surface area contributed by atoms with Gasteiger partial charge in [-0.15, -0.1) is 11.3 Å². The van der Waals surface area contributed by atoms with Crippen LogP contribution >= 0.6 is 11.3 Å². The van der Waals surface area contributed by atoms with Crippen molar-refractivity contribution in [2.24, 2.45) is 0 Å². The van der Waals surface area contributed by atoms with E-state index in [1.165, 1.54) is 58.3 Å². The Hall–Kier alpha value is -1.74. The predicted molar refractivity (Wildman–Crippen MR) is 143 cm³/mol. The number of carbonyl (C=O) groups is 1. The lowest BCUT2D eigenvalue weighted by Gasteiger charge is -2.40. The number of likely N-dealkylation sites (tertiary alicyclic amines) is 3. The van der Waals surface area contributed by atoms with E-state index in [9.17, 15) is 4.79 Å². The Morgan fingerprint density at radius 2 is 1.74 bits per heavy atom. The highest BCUT2D eigenvalue weighted by atomic mass is 32.1. The zero-order valence-corrected chi connectivity index (χ0v) is 22.1. The van der Waals surface area contributed by atoms with E-state index >= 15 is 0 Å². The van der Waals surface area contributed by atoms with Crippen molar-refractivity contribution in [1.82, 2.24) is 29.8 Å². The van der Waals surface area contributed by atoms with Crippen LogP contribution in [0.25, 0.3) is 10.4 Å². The van der Waals surface area contributed by atoms with E-state index in [1.54, 1.807) is 11.3 Å². The number of thiophene rings is 1. The van der Waals surface area contributed by atoms with Gasteiger partial charge in [-0.1, -0.05) is 6.42 Å². The first-order valence-electron chi connectivity index (χ1n) is 13.7. The van der Waals surface area contributed by atoms with Crippen LogP contribution in [-0.4, -0.2) is 95.8 Å². The highest BCUT2D eigenvalue weighted by molar-refractivity contribution is 7.17. The number of rotatable bonds is 8. The number of aromatic nitrogens is 2. The molecule has 3 aliphatic rings. The molecular weight excluding hydrogens is 456 g/mol. The van der Waals surface area contributed by atoms with Crippen molar-refractivity contribution in [3.05, 3.63) is 29.4 Å². The van der Waals surface area contributed by atoms with Crippen molar-refractivity contribution in [2.75, 3.05) is 59.4 Å². The van der Waals surface area contributed by atoms with Crippen LogP contribution in [0.5, 0.6) is 0 Å². The Balaban J connectivity index is 1.02. The van der Waals surface area contributed by atoms with Gasteiger partial charge in [0.1, 0.15) is 0 Å². The first-order chi connectivity index (χ1) is 17.2. The third kappa shape index (κ3) is 6.53. The topological polar surface area (TPSA) is 56.6 Å². The maximum absolute atomic E-state index is 12.7. The van der Waals surface area contributed by atoms with Crippen molar-refractivity contribution in [3.8, 4) is 10.4 Å². The van der Waals surface area contributed by atoms with Gasteiger partial charge in [0.05, 0.1) is 17.1 Å². The van der Waals surface area contributed by atoms with Gasteiger partial charge in [-0.3, -0.25) is 9.48 Å². The summed E-state index contributed by atoms with van der Waals surface area (Å²) in [5.41, 5.74) is 1.11. The quantitative estimate of drug-likeness (QED) is 0.559. The molecule has 3 saturated heterocycles. The zero-order valence-electron chi connectivity index (χ0n) is 21.3. The number of piperidine rings is 3. The second kappa shape index (κ2) is 12.0. The molecule has 0 aromatic carbocycles. The summed E-state index contributed by atoms with van der Waals surface area (Å²) in [6.07, 6.45) is 14.2. The molecule has 3 aliphatic heterocycles. The predicted octanol–water partition coefficient (Wildman–Crippen LogP) is 3.95. The standard InChI is InChI=1S/C27H42N6OS/c1-30-16-8-24(9-17-30)33-21-22(20-29-33)25-6-7-26(35-25)27(34)28-12-5-13-31-18-10-23(11-19-31)32-14-3-2-4-15-32/h6-7,20-21,23-24H,2-5,8-19H2,1H3,(H,28,34). The summed E-state index contributed by atoms with van der Waals surface area (Å²) in [5.74, 6) is 0.0489. The molecule has 35 heavy (non-hydrogen) atoms. The number of nitrogens with one attached hydrogen (secondary N) is 1. The third-order valence-electron chi connectivity index (χ3n) is 8.18. The summed E-state index contributed by atoms with van der Waals surface area (Å²) in [7, 11) is 2.18. The van der Waals surface area contributed by atoms with Crippen LogP contribution in [0.1, 0.15) is 67.1 Å². The minimum Gasteiger partial charge on any atom is -0.351 e. The van der Waals surface area contributed by atoms with Crippen LogP contribution in [0, 0.1) is 0 Å². The highest BCUT2D eigenvalue weighted by Crippen LogP contribution is 2.30. The van der Waals surface area contributed by atoms with Gasteiger partial charge in [0.15, 0.2) is 0 Å². The molecule has 1 amide bonds. The van der Waals surface area contributed by atoms with Crippen molar-refractivity contribution < 1.29 is 4.79 Å². The Morgan fingerprint density at radius 1 is 1.00 bits per heavy atom. The summed E-state index contributed by atoms with van der Waals surface area (Å²) in [6, 6.07) is 5.30. The van der Waals surface area contributed by atoms with Crippen LogP contribution in [0.15, 0.2) is 24.5 Å². The normalized spacial score (nSPS) is 22.0. The molecule has 5 heterocycles. The lowest BCUT2D eigenvalue weighted by atomic mass is 10.00. The van der Waals surface area contributed by atoms with Gasteiger partial charge in [-0.05, 0) is 110 Å². The van der Waals surface area contributed by atoms with E-state index in [1.807, 2.05) is 12.3 Å². The summed E-state index contributed by atoms with van der Waals surface area (Å²) in [5, 5.41) is 7.76. The maximum Gasteiger partial charge on any atom is 0.261 e. The smallest absolute Gasteiger partial charge is 0.261 e. The molecule has 0 radical (unpaired) electrons. The van der Waals surface area contributed by atoms with Crippen molar-refractivity contribution in [2.45, 2.75) is 63.5 Å². The summed E-state index contributed by atoms with van der Waals surface area (Å²) in [6.45, 7) is 9.10. The Kier molecular flexibility index (Phi) is 8.55. The number of amides is 1. The molecule has 7 nitrogen and oxygen atoms in total. The highest BCUT2D eigenvalue weighted by Gasteiger charge is 2.25. The molecule has 1 N–H and O–H groups in total. The molecule has 0 bridgehead atoms. The Labute approximate surface area is 214 Å². The van der Waals surface area contributed by atoms with Crippen LogP contribution < -0.4 is 5.32 Å². The second-order valence-electron chi connectivity index (χ2n) is 10.7. The second-order valence-corrected chi connectivity index (χ2v) is 11.8. The van der Waals surface area contributed by atoms with Crippen molar-refractivity contribution >= 4 is 17.2 Å². The molecule has 0 aliphatic carbocycles. The maximum atomic E-state index is 12.7. The molecule has 2 aromatic heterocycles. The molecular formula is C27H42N6OS. The third-order valence-corrected chi connectivity index (χ3v) is 9.31. The molecule has 5 rings (SSSR count). The van der Waals surface area contributed by atoms with Gasteiger partial charge in [-0.2, -0.15) is 5.10 Å². The lowest BCUT2D eigenvalue weighted by molar-refractivity contribution is 0.0904. The van der Waals surface area contributed by atoms with E-state index < -0.39 is 0 Å². The molecule has 0 atom stereocenters.